The Labute approximate surface area is 138 Å². The van der Waals surface area contributed by atoms with Crippen LogP contribution in [-0.4, -0.2) is 53.9 Å². The number of sulfonamides is 1. The first kappa shape index (κ1) is 16.2. The Balaban J connectivity index is 2.00. The first-order chi connectivity index (χ1) is 10.7. The summed E-state index contributed by atoms with van der Waals surface area (Å²) in [5, 5.41) is 9.21. The molecule has 0 spiro atoms. The predicted molar refractivity (Wildman–Crippen MR) is 81.8 cm³/mol. The van der Waals surface area contributed by atoms with E-state index in [0.717, 1.165) is 17.1 Å². The molecule has 124 valence electrons. The summed E-state index contributed by atoms with van der Waals surface area (Å²) in [6, 6.07) is 2.56. The summed E-state index contributed by atoms with van der Waals surface area (Å²) in [6.07, 6.45) is 1.78. The first-order valence-corrected chi connectivity index (χ1v) is 8.86. The number of aromatic carboxylic acids is 1. The van der Waals surface area contributed by atoms with Crippen LogP contribution < -0.4 is 0 Å². The van der Waals surface area contributed by atoms with Crippen molar-refractivity contribution < 1.29 is 23.1 Å². The Morgan fingerprint density at radius 3 is 2.57 bits per heavy atom. The zero-order valence-corrected chi connectivity index (χ0v) is 13.9. The molecule has 1 aromatic carbocycles. The topological polar surface area (TPSA) is 95.0 Å². The van der Waals surface area contributed by atoms with Crippen LogP contribution in [-0.2, 0) is 14.8 Å². The molecule has 1 saturated heterocycles. The van der Waals surface area contributed by atoms with Crippen LogP contribution in [0.2, 0.25) is 5.02 Å². The van der Waals surface area contributed by atoms with Gasteiger partial charge >= 0.3 is 5.97 Å². The van der Waals surface area contributed by atoms with E-state index in [9.17, 15) is 23.1 Å². The Bertz CT molecular complexity index is 804. The maximum atomic E-state index is 12.8. The maximum absolute atomic E-state index is 12.8. The van der Waals surface area contributed by atoms with Gasteiger partial charge in [0, 0.05) is 11.1 Å². The quantitative estimate of drug-likeness (QED) is 0.875. The molecule has 0 radical (unpaired) electrons. The van der Waals surface area contributed by atoms with E-state index >= 15 is 0 Å². The van der Waals surface area contributed by atoms with Gasteiger partial charge < -0.3 is 10.0 Å². The summed E-state index contributed by atoms with van der Waals surface area (Å²) in [6.45, 7) is 1.19. The Morgan fingerprint density at radius 1 is 1.35 bits per heavy atom. The number of carbonyl (C=O) groups is 2. The van der Waals surface area contributed by atoms with Gasteiger partial charge in [0.25, 0.3) is 0 Å². The minimum atomic E-state index is -4.00. The van der Waals surface area contributed by atoms with Crippen molar-refractivity contribution in [2.75, 3.05) is 13.2 Å². The molecular formula is C14H15ClN2O5S. The van der Waals surface area contributed by atoms with Gasteiger partial charge in [-0.3, -0.25) is 4.79 Å². The Kier molecular flexibility index (Phi) is 3.86. The number of carbonyl (C=O) groups excluding carboxylic acids is 1. The number of carboxylic acids is 1. The standard InChI is InChI=1S/C14H15ClN2O5S/c1-8-11(14(19)20)4-9(15)5-12(8)23(21,22)16-6-13(18)17(7-16)10-2-3-10/h4-5,10H,2-3,6-7H2,1H3,(H,19,20). The molecule has 9 heteroatoms. The fourth-order valence-corrected chi connectivity index (χ4v) is 4.58. The molecule has 23 heavy (non-hydrogen) atoms. The van der Waals surface area contributed by atoms with E-state index in [1.165, 1.54) is 19.1 Å². The van der Waals surface area contributed by atoms with E-state index < -0.39 is 16.0 Å². The van der Waals surface area contributed by atoms with Crippen LogP contribution in [0.1, 0.15) is 28.8 Å². The van der Waals surface area contributed by atoms with Crippen molar-refractivity contribution in [3.8, 4) is 0 Å². The lowest BCUT2D eigenvalue weighted by molar-refractivity contribution is -0.127. The largest absolute Gasteiger partial charge is 0.478 e. The van der Waals surface area contributed by atoms with Gasteiger partial charge in [0.1, 0.15) is 0 Å². The molecule has 0 aromatic heterocycles. The van der Waals surface area contributed by atoms with Crippen molar-refractivity contribution in [3.63, 3.8) is 0 Å². The van der Waals surface area contributed by atoms with Crippen LogP contribution in [0.15, 0.2) is 17.0 Å². The van der Waals surface area contributed by atoms with Gasteiger partial charge in [-0.1, -0.05) is 11.6 Å². The van der Waals surface area contributed by atoms with Crippen LogP contribution >= 0.6 is 11.6 Å². The SMILES string of the molecule is Cc1c(C(=O)O)cc(Cl)cc1S(=O)(=O)N1CC(=O)N(C2CC2)C1. The van der Waals surface area contributed by atoms with Gasteiger partial charge in [0.15, 0.2) is 0 Å². The van der Waals surface area contributed by atoms with Crippen molar-refractivity contribution in [2.24, 2.45) is 0 Å². The molecule has 0 unspecified atom stereocenters. The number of benzene rings is 1. The van der Waals surface area contributed by atoms with Crippen LogP contribution in [0.25, 0.3) is 0 Å². The molecule has 1 aromatic rings. The first-order valence-electron chi connectivity index (χ1n) is 7.05. The molecule has 3 rings (SSSR count). The molecule has 2 aliphatic rings. The van der Waals surface area contributed by atoms with Crippen molar-refractivity contribution in [2.45, 2.75) is 30.7 Å². The van der Waals surface area contributed by atoms with E-state index in [2.05, 4.69) is 0 Å². The van der Waals surface area contributed by atoms with Crippen molar-refractivity contribution in [1.29, 1.82) is 0 Å². The van der Waals surface area contributed by atoms with Crippen molar-refractivity contribution >= 4 is 33.5 Å². The highest BCUT2D eigenvalue weighted by Gasteiger charge is 2.43. The number of amides is 1. The summed E-state index contributed by atoms with van der Waals surface area (Å²) < 4.78 is 26.7. The molecule has 7 nitrogen and oxygen atoms in total. The van der Waals surface area contributed by atoms with Gasteiger partial charge in [-0.05, 0) is 37.5 Å². The second kappa shape index (κ2) is 5.47. The fourth-order valence-electron chi connectivity index (χ4n) is 2.69. The molecule has 1 amide bonds. The molecule has 0 atom stereocenters. The normalized spacial score (nSPS) is 19.4. The Morgan fingerprint density at radius 2 is 2.00 bits per heavy atom. The molecule has 2 fully saturated rings. The summed E-state index contributed by atoms with van der Waals surface area (Å²) in [5.74, 6) is -1.48. The van der Waals surface area contributed by atoms with Crippen LogP contribution in [0.3, 0.4) is 0 Å². The van der Waals surface area contributed by atoms with Gasteiger partial charge in [0.05, 0.1) is 23.7 Å². The maximum Gasteiger partial charge on any atom is 0.336 e. The molecule has 1 heterocycles. The third-order valence-electron chi connectivity index (χ3n) is 4.10. The van der Waals surface area contributed by atoms with E-state index in [4.69, 9.17) is 11.6 Å². The monoisotopic (exact) mass is 358 g/mol. The van der Waals surface area contributed by atoms with Crippen molar-refractivity contribution in [1.82, 2.24) is 9.21 Å². The summed E-state index contributed by atoms with van der Waals surface area (Å²) in [4.78, 5) is 24.6. The highest BCUT2D eigenvalue weighted by Crippen LogP contribution is 2.33. The zero-order valence-electron chi connectivity index (χ0n) is 12.3. The molecule has 1 N–H and O–H groups in total. The van der Waals surface area contributed by atoms with E-state index in [1.54, 1.807) is 4.90 Å². The average molecular weight is 359 g/mol. The fraction of sp³-hybridized carbons (Fsp3) is 0.429. The highest BCUT2D eigenvalue weighted by atomic mass is 35.5. The van der Waals surface area contributed by atoms with Crippen molar-refractivity contribution in [3.05, 3.63) is 28.3 Å². The number of hydrogen-bond acceptors (Lipinski definition) is 4. The third-order valence-corrected chi connectivity index (χ3v) is 6.23. The number of carboxylic acid groups (broad SMARTS) is 1. The van der Waals surface area contributed by atoms with Crippen LogP contribution in [0.4, 0.5) is 0 Å². The zero-order chi connectivity index (χ0) is 16.9. The van der Waals surface area contributed by atoms with E-state index in [-0.39, 0.29) is 46.2 Å². The van der Waals surface area contributed by atoms with Gasteiger partial charge in [-0.25, -0.2) is 13.2 Å². The Hall–Kier alpha value is -1.64. The number of rotatable bonds is 4. The smallest absolute Gasteiger partial charge is 0.336 e. The van der Waals surface area contributed by atoms with E-state index in [0.29, 0.717) is 0 Å². The minimum absolute atomic E-state index is 0.000190. The third kappa shape index (κ3) is 2.82. The lowest BCUT2D eigenvalue weighted by atomic mass is 10.1. The van der Waals surface area contributed by atoms with Crippen LogP contribution in [0, 0.1) is 6.92 Å². The number of halogens is 1. The second-order valence-electron chi connectivity index (χ2n) is 5.73. The van der Waals surface area contributed by atoms with E-state index in [1.807, 2.05) is 0 Å². The lowest BCUT2D eigenvalue weighted by Crippen LogP contribution is -2.32. The minimum Gasteiger partial charge on any atom is -0.478 e. The highest BCUT2D eigenvalue weighted by molar-refractivity contribution is 7.89. The molecular weight excluding hydrogens is 344 g/mol. The average Bonchev–Trinajstić information content (AvgIpc) is 3.23. The van der Waals surface area contributed by atoms with Gasteiger partial charge in [-0.2, -0.15) is 4.31 Å². The molecule has 1 aliphatic heterocycles. The summed E-state index contributed by atoms with van der Waals surface area (Å²) in [5.41, 5.74) is -0.0557. The van der Waals surface area contributed by atoms with Gasteiger partial charge in [0.2, 0.25) is 15.9 Å². The number of nitrogens with zero attached hydrogens (tertiary/aromatic N) is 2. The number of hydrogen-bond donors (Lipinski definition) is 1. The van der Waals surface area contributed by atoms with Crippen LogP contribution in [0.5, 0.6) is 0 Å². The second-order valence-corrected chi connectivity index (χ2v) is 8.08. The predicted octanol–water partition coefficient (Wildman–Crippen LogP) is 1.30. The summed E-state index contributed by atoms with van der Waals surface area (Å²) in [7, 11) is -4.00. The summed E-state index contributed by atoms with van der Waals surface area (Å²) >= 11 is 5.87. The molecule has 0 bridgehead atoms. The van der Waals surface area contributed by atoms with Gasteiger partial charge in [-0.15, -0.1) is 0 Å². The lowest BCUT2D eigenvalue weighted by Gasteiger charge is -2.19. The molecule has 1 saturated carbocycles. The molecule has 1 aliphatic carbocycles.